The molecule has 0 saturated heterocycles. The highest BCUT2D eigenvalue weighted by Crippen LogP contribution is 2.49. The van der Waals surface area contributed by atoms with Gasteiger partial charge in [-0.3, -0.25) is 4.79 Å². The minimum Gasteiger partial charge on any atom is -0.481 e. The van der Waals surface area contributed by atoms with Crippen molar-refractivity contribution in [1.29, 1.82) is 0 Å². The van der Waals surface area contributed by atoms with Crippen LogP contribution in [0.15, 0.2) is 36.4 Å². The summed E-state index contributed by atoms with van der Waals surface area (Å²) in [6.07, 6.45) is 8.28. The lowest BCUT2D eigenvalue weighted by atomic mass is 9.72. The Kier molecular flexibility index (Phi) is 7.40. The zero-order chi connectivity index (χ0) is 25.3. The fraction of sp³-hybridized carbons (Fsp3) is 0.536. The first-order valence-electron chi connectivity index (χ1n) is 13.0. The predicted octanol–water partition coefficient (Wildman–Crippen LogP) is 7.17. The molecular formula is C28H33ClF2N2O3. The second-order valence-electron chi connectivity index (χ2n) is 10.5. The van der Waals surface area contributed by atoms with Gasteiger partial charge in [0.25, 0.3) is 0 Å². The average Bonchev–Trinajstić information content (AvgIpc) is 3.24. The van der Waals surface area contributed by atoms with Crippen molar-refractivity contribution in [2.24, 2.45) is 17.8 Å². The van der Waals surface area contributed by atoms with Crippen LogP contribution in [0.25, 0.3) is 0 Å². The number of hydrogen-bond donors (Lipinski definition) is 3. The molecule has 1 unspecified atom stereocenters. The summed E-state index contributed by atoms with van der Waals surface area (Å²) >= 11 is 6.21. The van der Waals surface area contributed by atoms with Crippen molar-refractivity contribution in [1.82, 2.24) is 0 Å². The summed E-state index contributed by atoms with van der Waals surface area (Å²) < 4.78 is 34.9. The van der Waals surface area contributed by atoms with E-state index < -0.39 is 23.3 Å². The first kappa shape index (κ1) is 25.3. The minimum absolute atomic E-state index is 0.00706. The lowest BCUT2D eigenvalue weighted by Crippen LogP contribution is -2.51. The molecule has 2 aromatic carbocycles. The molecule has 0 aromatic heterocycles. The summed E-state index contributed by atoms with van der Waals surface area (Å²) in [6, 6.07) is 9.99. The average molecular weight is 519 g/mol. The van der Waals surface area contributed by atoms with Crippen LogP contribution < -0.4 is 10.6 Å². The van der Waals surface area contributed by atoms with Gasteiger partial charge in [-0.15, -0.1) is 0 Å². The number of carboxylic acids is 1. The molecule has 3 N–H and O–H groups in total. The van der Waals surface area contributed by atoms with E-state index in [2.05, 4.69) is 10.6 Å². The molecule has 1 aliphatic heterocycles. The van der Waals surface area contributed by atoms with Crippen LogP contribution in [0.4, 0.5) is 20.2 Å². The van der Waals surface area contributed by atoms with E-state index in [1.54, 1.807) is 0 Å². The zero-order valence-corrected chi connectivity index (χ0v) is 21.0. The fourth-order valence-corrected chi connectivity index (χ4v) is 6.46. The highest BCUT2D eigenvalue weighted by Gasteiger charge is 2.49. The van der Waals surface area contributed by atoms with Crippen molar-refractivity contribution in [3.63, 3.8) is 0 Å². The van der Waals surface area contributed by atoms with Gasteiger partial charge in [0.05, 0.1) is 30.0 Å². The van der Waals surface area contributed by atoms with Crippen LogP contribution in [0.1, 0.15) is 63.4 Å². The van der Waals surface area contributed by atoms with Gasteiger partial charge in [0.1, 0.15) is 5.66 Å². The number of rotatable bonds is 7. The first-order chi connectivity index (χ1) is 17.4. The Balaban J connectivity index is 1.47. The molecule has 194 valence electrons. The molecule has 5 rings (SSSR count). The maximum Gasteiger partial charge on any atom is 0.306 e. The summed E-state index contributed by atoms with van der Waals surface area (Å²) in [4.78, 5) is 11.4. The van der Waals surface area contributed by atoms with Crippen LogP contribution in [-0.2, 0) is 15.2 Å². The monoisotopic (exact) mass is 518 g/mol. The van der Waals surface area contributed by atoms with E-state index in [1.807, 2.05) is 24.3 Å². The van der Waals surface area contributed by atoms with Gasteiger partial charge < -0.3 is 20.5 Å². The number of carboxylic acid groups (broad SMARTS) is 1. The summed E-state index contributed by atoms with van der Waals surface area (Å²) in [5.74, 6) is -2.50. The number of hydrogen-bond acceptors (Lipinski definition) is 4. The molecule has 0 radical (unpaired) electrons. The molecule has 36 heavy (non-hydrogen) atoms. The van der Waals surface area contributed by atoms with Gasteiger partial charge >= 0.3 is 5.97 Å². The van der Waals surface area contributed by atoms with Crippen LogP contribution in [0.5, 0.6) is 0 Å². The molecule has 1 atom stereocenters. The van der Waals surface area contributed by atoms with Crippen LogP contribution in [0, 0.1) is 29.4 Å². The second kappa shape index (κ2) is 10.5. The van der Waals surface area contributed by atoms with Gasteiger partial charge in [0.2, 0.25) is 0 Å². The van der Waals surface area contributed by atoms with Crippen molar-refractivity contribution in [3.8, 4) is 0 Å². The maximum atomic E-state index is 14.2. The third-order valence-corrected chi connectivity index (χ3v) is 8.59. The number of fused-ring (bicyclic) bond motifs is 1. The Labute approximate surface area is 215 Å². The summed E-state index contributed by atoms with van der Waals surface area (Å²) in [6.45, 7) is 0.453. The molecule has 3 aliphatic rings. The molecule has 2 aromatic rings. The number of anilines is 2. The van der Waals surface area contributed by atoms with E-state index in [-0.39, 0.29) is 17.9 Å². The van der Waals surface area contributed by atoms with Gasteiger partial charge in [0, 0.05) is 23.1 Å². The largest absolute Gasteiger partial charge is 0.481 e. The number of nitrogens with one attached hydrogen (secondary N) is 2. The van der Waals surface area contributed by atoms with Crippen LogP contribution in [0.3, 0.4) is 0 Å². The fourth-order valence-electron chi connectivity index (χ4n) is 6.33. The van der Waals surface area contributed by atoms with Gasteiger partial charge in [-0.2, -0.15) is 0 Å². The molecule has 1 heterocycles. The highest BCUT2D eigenvalue weighted by molar-refractivity contribution is 6.30. The van der Waals surface area contributed by atoms with Gasteiger partial charge in [-0.05, 0) is 62.1 Å². The molecule has 2 fully saturated rings. The third-order valence-electron chi connectivity index (χ3n) is 8.33. The second-order valence-corrected chi connectivity index (χ2v) is 11.0. The topological polar surface area (TPSA) is 70.6 Å². The van der Waals surface area contributed by atoms with Crippen molar-refractivity contribution in [2.75, 3.05) is 17.2 Å². The minimum atomic E-state index is -0.893. The van der Waals surface area contributed by atoms with Gasteiger partial charge in [-0.25, -0.2) is 8.78 Å². The normalized spacial score (nSPS) is 24.4. The third kappa shape index (κ3) is 5.05. The Morgan fingerprint density at radius 3 is 2.11 bits per heavy atom. The SMILES string of the molecule is O=C(O)C1CCC(OCC(C2CCCCC2)C2(c3ccc(Cl)cc3)Nc3cc(F)c(F)cc3N2)CC1. The highest BCUT2D eigenvalue weighted by atomic mass is 35.5. The van der Waals surface area contributed by atoms with Crippen LogP contribution in [0.2, 0.25) is 5.02 Å². The van der Waals surface area contributed by atoms with Crippen molar-refractivity contribution < 1.29 is 23.4 Å². The van der Waals surface area contributed by atoms with Crippen LogP contribution in [-0.4, -0.2) is 23.8 Å². The van der Waals surface area contributed by atoms with Crippen molar-refractivity contribution in [3.05, 3.63) is 58.6 Å². The van der Waals surface area contributed by atoms with Gasteiger partial charge in [0.15, 0.2) is 11.6 Å². The predicted molar refractivity (Wildman–Crippen MR) is 136 cm³/mol. The Morgan fingerprint density at radius 1 is 0.972 bits per heavy atom. The number of ether oxygens (including phenoxy) is 1. The van der Waals surface area contributed by atoms with E-state index >= 15 is 0 Å². The zero-order valence-electron chi connectivity index (χ0n) is 20.2. The van der Waals surface area contributed by atoms with E-state index in [0.29, 0.717) is 41.8 Å². The molecule has 2 saturated carbocycles. The summed E-state index contributed by atoms with van der Waals surface area (Å²) in [7, 11) is 0. The number of aliphatic carboxylic acids is 1. The summed E-state index contributed by atoms with van der Waals surface area (Å²) in [5, 5.41) is 17.0. The number of benzene rings is 2. The van der Waals surface area contributed by atoms with E-state index in [1.165, 1.54) is 18.6 Å². The van der Waals surface area contributed by atoms with Gasteiger partial charge in [-0.1, -0.05) is 43.0 Å². The smallest absolute Gasteiger partial charge is 0.306 e. The van der Waals surface area contributed by atoms with Crippen LogP contribution >= 0.6 is 11.6 Å². The molecule has 2 aliphatic carbocycles. The molecule has 5 nitrogen and oxygen atoms in total. The quantitative estimate of drug-likeness (QED) is 0.362. The first-order valence-corrected chi connectivity index (χ1v) is 13.4. The lowest BCUT2D eigenvalue weighted by molar-refractivity contribution is -0.144. The molecule has 0 spiro atoms. The number of halogens is 3. The van der Waals surface area contributed by atoms with Crippen molar-refractivity contribution in [2.45, 2.75) is 69.6 Å². The molecule has 0 bridgehead atoms. The molecule has 8 heteroatoms. The lowest BCUT2D eigenvalue weighted by Gasteiger charge is -2.45. The van der Waals surface area contributed by atoms with E-state index in [9.17, 15) is 18.7 Å². The number of carbonyl (C=O) groups is 1. The Hall–Kier alpha value is -2.38. The van der Waals surface area contributed by atoms with E-state index in [0.717, 1.165) is 44.1 Å². The molecule has 0 amide bonds. The standard InChI is InChI=1S/C28H33ClF2N2O3/c29-20-10-8-19(9-11-20)28(32-25-14-23(30)24(31)15-26(25)33-28)22(17-4-2-1-3-5-17)16-36-21-12-6-18(7-13-21)27(34)35/h8-11,14-15,17-18,21-22,32-33H,1-7,12-13,16H2,(H,34,35). The Morgan fingerprint density at radius 2 is 1.56 bits per heavy atom. The van der Waals surface area contributed by atoms with E-state index in [4.69, 9.17) is 16.3 Å². The summed E-state index contributed by atoms with van der Waals surface area (Å²) in [5.41, 5.74) is 1.14. The Bertz CT molecular complexity index is 1050. The molecular weight excluding hydrogens is 486 g/mol. The van der Waals surface area contributed by atoms with Crippen molar-refractivity contribution >= 4 is 28.9 Å². The maximum absolute atomic E-state index is 14.2.